The Morgan fingerprint density at radius 3 is 2.78 bits per heavy atom. The molecule has 4 aliphatic rings. The van der Waals surface area contributed by atoms with Crippen LogP contribution < -0.4 is 14.4 Å². The summed E-state index contributed by atoms with van der Waals surface area (Å²) in [6, 6.07) is 11.4. The molecule has 2 N–H and O–H groups in total. The fraction of sp³-hybridized carbons (Fsp3) is 0.571. The second-order valence-electron chi connectivity index (χ2n) is 13.4. The van der Waals surface area contributed by atoms with E-state index in [-0.39, 0.29) is 36.5 Å². The quantitative estimate of drug-likeness (QED) is 0.426. The lowest BCUT2D eigenvalue weighted by molar-refractivity contribution is 0.0131. The van der Waals surface area contributed by atoms with Crippen molar-refractivity contribution in [3.8, 4) is 5.75 Å². The van der Waals surface area contributed by atoms with Crippen LogP contribution in [0, 0.1) is 11.8 Å². The number of sulfonamides is 1. The normalized spacial score (nSPS) is 30.5. The predicted molar refractivity (Wildman–Crippen MR) is 178 cm³/mol. The van der Waals surface area contributed by atoms with Crippen LogP contribution in [0.25, 0.3) is 0 Å². The average Bonchev–Trinajstić information content (AvgIpc) is 3.16. The van der Waals surface area contributed by atoms with Crippen molar-refractivity contribution in [3.05, 3.63) is 70.3 Å². The highest BCUT2D eigenvalue weighted by Crippen LogP contribution is 2.47. The first kappa shape index (κ1) is 33.3. The second-order valence-corrected chi connectivity index (χ2v) is 15.8. The maximum Gasteiger partial charge on any atom is 0.264 e. The summed E-state index contributed by atoms with van der Waals surface area (Å²) in [6.07, 6.45) is 8.67. The second kappa shape index (κ2) is 13.8. The molecule has 9 nitrogen and oxygen atoms in total. The van der Waals surface area contributed by atoms with Crippen LogP contribution in [0.4, 0.5) is 5.69 Å². The molecule has 1 amide bonds. The van der Waals surface area contributed by atoms with E-state index in [1.807, 2.05) is 12.1 Å². The van der Waals surface area contributed by atoms with Gasteiger partial charge in [0.15, 0.2) is 0 Å². The van der Waals surface area contributed by atoms with Gasteiger partial charge in [-0.15, -0.1) is 0 Å². The number of aryl methyl sites for hydroxylation is 1. The van der Waals surface area contributed by atoms with Crippen LogP contribution in [-0.4, -0.2) is 77.4 Å². The number of aliphatic hydroxyl groups excluding tert-OH is 1. The molecule has 0 radical (unpaired) electrons. The minimum atomic E-state index is -4.13. The number of anilines is 1. The van der Waals surface area contributed by atoms with E-state index in [1.54, 1.807) is 25.3 Å². The van der Waals surface area contributed by atoms with Crippen molar-refractivity contribution in [2.45, 2.75) is 74.2 Å². The van der Waals surface area contributed by atoms with Crippen LogP contribution in [-0.2, 0) is 31.3 Å². The predicted octanol–water partition coefficient (Wildman–Crippen LogP) is 5.03. The molecule has 1 saturated carbocycles. The lowest BCUT2D eigenvalue weighted by Gasteiger charge is -2.46. The Labute approximate surface area is 277 Å². The summed E-state index contributed by atoms with van der Waals surface area (Å²) in [5, 5.41) is 10.2. The molecule has 1 spiro atoms. The minimum absolute atomic E-state index is 0.00425. The van der Waals surface area contributed by atoms with Crippen molar-refractivity contribution in [3.63, 3.8) is 0 Å². The number of rotatable bonds is 5. The third-order valence-electron chi connectivity index (χ3n) is 10.5. The van der Waals surface area contributed by atoms with Gasteiger partial charge in [-0.1, -0.05) is 29.8 Å². The molecule has 2 aliphatic carbocycles. The first-order valence-corrected chi connectivity index (χ1v) is 18.3. The highest BCUT2D eigenvalue weighted by atomic mass is 35.5. The van der Waals surface area contributed by atoms with Gasteiger partial charge < -0.3 is 24.2 Å². The number of halogens is 1. The Morgan fingerprint density at radius 1 is 1.17 bits per heavy atom. The van der Waals surface area contributed by atoms with Gasteiger partial charge in [0, 0.05) is 43.3 Å². The van der Waals surface area contributed by atoms with E-state index in [2.05, 4.69) is 27.8 Å². The number of aliphatic hydroxyl groups is 1. The van der Waals surface area contributed by atoms with Gasteiger partial charge in [0.05, 0.1) is 36.4 Å². The number of fused-ring (bicyclic) bond motifs is 4. The van der Waals surface area contributed by atoms with Crippen molar-refractivity contribution >= 4 is 33.2 Å². The largest absolute Gasteiger partial charge is 0.490 e. The molecule has 250 valence electrons. The molecule has 6 rings (SSSR count). The molecule has 1 fully saturated rings. The van der Waals surface area contributed by atoms with Crippen LogP contribution in [0.2, 0.25) is 5.02 Å². The van der Waals surface area contributed by atoms with Crippen LogP contribution >= 0.6 is 11.6 Å². The van der Waals surface area contributed by atoms with E-state index in [0.29, 0.717) is 37.2 Å². The van der Waals surface area contributed by atoms with Crippen LogP contribution in [0.15, 0.2) is 48.6 Å². The zero-order valence-electron chi connectivity index (χ0n) is 26.6. The van der Waals surface area contributed by atoms with Gasteiger partial charge in [-0.3, -0.25) is 4.79 Å². The lowest BCUT2D eigenvalue weighted by atomic mass is 9.68. The number of hydrogen-bond acceptors (Lipinski definition) is 8. The monoisotopic (exact) mass is 672 g/mol. The number of nitrogens with one attached hydrogen (secondary N) is 1. The molecule has 2 heterocycles. The van der Waals surface area contributed by atoms with Crippen LogP contribution in [0.5, 0.6) is 5.75 Å². The molecule has 0 saturated heterocycles. The van der Waals surface area contributed by atoms with E-state index < -0.39 is 27.3 Å². The number of carbonyl (C=O) groups is 1. The standard InChI is InChI=1S/C35H45ClN2O7S/c1-43-20-27(39)18-28-7-3-4-8-32(44-2)29-12-9-25(29)19-38-21-35(15-5-6-23-16-26(36)11-13-30(23)35)22-45-33-14-10-24(17-31(33)38)34(40)37-46(28,41)42/h4,8,10-11,13-14,16-17,25,27-29,32,39H,3,5-7,9,12,15,18-22H2,1-2H3,(H,37,40)/b8-4+/t25-,27+,28+,29+,32-,35-/m0/s1. The molecule has 0 unspecified atom stereocenters. The Morgan fingerprint density at radius 2 is 2.02 bits per heavy atom. The smallest absolute Gasteiger partial charge is 0.264 e. The van der Waals surface area contributed by atoms with E-state index in [9.17, 15) is 18.3 Å². The van der Waals surface area contributed by atoms with Gasteiger partial charge in [0.25, 0.3) is 5.91 Å². The Kier molecular flexibility index (Phi) is 10.0. The summed E-state index contributed by atoms with van der Waals surface area (Å²) >= 11 is 6.42. The maximum absolute atomic E-state index is 13.6. The van der Waals surface area contributed by atoms with Crippen molar-refractivity contribution in [2.24, 2.45) is 11.8 Å². The number of amides is 1. The average molecular weight is 673 g/mol. The van der Waals surface area contributed by atoms with Gasteiger partial charge >= 0.3 is 0 Å². The molecule has 0 aromatic heterocycles. The molecular formula is C35H45ClN2O7S. The van der Waals surface area contributed by atoms with Crippen LogP contribution in [0.1, 0.15) is 66.4 Å². The van der Waals surface area contributed by atoms with Gasteiger partial charge in [-0.05, 0) is 105 Å². The lowest BCUT2D eigenvalue weighted by Crippen LogP contribution is -2.49. The number of carbonyl (C=O) groups excluding carboxylic acids is 1. The zero-order valence-corrected chi connectivity index (χ0v) is 28.2. The number of ether oxygens (including phenoxy) is 3. The Balaban J connectivity index is 1.39. The maximum atomic E-state index is 13.6. The van der Waals surface area contributed by atoms with Crippen LogP contribution in [0.3, 0.4) is 0 Å². The molecular weight excluding hydrogens is 628 g/mol. The number of hydrogen-bond donors (Lipinski definition) is 2. The van der Waals surface area contributed by atoms with E-state index in [4.69, 9.17) is 25.8 Å². The Hall–Kier alpha value is -2.63. The van der Waals surface area contributed by atoms with Crippen molar-refractivity contribution in [1.29, 1.82) is 0 Å². The van der Waals surface area contributed by atoms with Gasteiger partial charge in [-0.2, -0.15) is 0 Å². The highest BCUT2D eigenvalue weighted by Gasteiger charge is 2.44. The first-order valence-electron chi connectivity index (χ1n) is 16.4. The minimum Gasteiger partial charge on any atom is -0.490 e. The number of benzene rings is 2. The fourth-order valence-corrected chi connectivity index (χ4v) is 9.60. The van der Waals surface area contributed by atoms with Gasteiger partial charge in [0.1, 0.15) is 5.75 Å². The first-order chi connectivity index (χ1) is 22.1. The fourth-order valence-electron chi connectivity index (χ4n) is 7.94. The van der Waals surface area contributed by atoms with E-state index >= 15 is 0 Å². The summed E-state index contributed by atoms with van der Waals surface area (Å²) < 4.78 is 47.1. The molecule has 2 bridgehead atoms. The summed E-state index contributed by atoms with van der Waals surface area (Å²) in [6.45, 7) is 1.97. The van der Waals surface area contributed by atoms with E-state index in [1.165, 1.54) is 18.2 Å². The molecule has 2 aromatic rings. The SMILES string of the molecule is COC[C@H](O)C[C@H]1CC/C=C/[C@H](OC)[C@@H]2CC[C@H]2CN2C[C@@]3(CCCc4cc(Cl)ccc43)COc3ccc(cc32)C(=O)NS1(=O)=O. The number of nitrogens with zero attached hydrogens (tertiary/aromatic N) is 1. The topological polar surface area (TPSA) is 114 Å². The third-order valence-corrected chi connectivity index (χ3v) is 12.5. The number of allylic oxidation sites excluding steroid dienone is 1. The summed E-state index contributed by atoms with van der Waals surface area (Å²) in [7, 11) is -0.943. The Bertz CT molecular complexity index is 1570. The van der Waals surface area contributed by atoms with Gasteiger partial charge in [-0.25, -0.2) is 13.1 Å². The van der Waals surface area contributed by atoms with Crippen molar-refractivity contribution in [2.75, 3.05) is 45.4 Å². The number of methoxy groups -OCH3 is 2. The molecule has 11 heteroatoms. The molecule has 2 aromatic carbocycles. The summed E-state index contributed by atoms with van der Waals surface area (Å²) in [5.41, 5.74) is 3.28. The highest BCUT2D eigenvalue weighted by molar-refractivity contribution is 7.90. The van der Waals surface area contributed by atoms with E-state index in [0.717, 1.165) is 49.4 Å². The summed E-state index contributed by atoms with van der Waals surface area (Å²) in [5.74, 6) is 0.658. The molecule has 46 heavy (non-hydrogen) atoms. The van der Waals surface area contributed by atoms with Gasteiger partial charge in [0.2, 0.25) is 10.0 Å². The molecule has 6 atom stereocenters. The third kappa shape index (κ3) is 6.83. The van der Waals surface area contributed by atoms with Crippen molar-refractivity contribution < 1.29 is 32.5 Å². The van der Waals surface area contributed by atoms with Crippen molar-refractivity contribution in [1.82, 2.24) is 4.72 Å². The molecule has 2 aliphatic heterocycles. The zero-order chi connectivity index (χ0) is 32.5. The summed E-state index contributed by atoms with van der Waals surface area (Å²) in [4.78, 5) is 15.9.